The van der Waals surface area contributed by atoms with Gasteiger partial charge in [-0.1, -0.05) is 84.0 Å². The molecule has 0 rings (SSSR count). The van der Waals surface area contributed by atoms with Crippen LogP contribution in [0.25, 0.3) is 0 Å². The lowest BCUT2D eigenvalue weighted by atomic mass is 10.0. The summed E-state index contributed by atoms with van der Waals surface area (Å²) in [7, 11) is 8.32. The van der Waals surface area contributed by atoms with Crippen molar-refractivity contribution in [1.82, 2.24) is 16.0 Å². The summed E-state index contributed by atoms with van der Waals surface area (Å²) in [5, 5.41) is 9.09. The molecule has 0 aromatic heterocycles. The minimum Gasteiger partial charge on any atom is -0.354 e. The maximum Gasteiger partial charge on any atom is 0.242 e. The molecule has 0 saturated heterocycles. The standard InChI is InChI=1S/C33H66N4O3/c1-7-8-9-10-11-12-13-14-15-16-17-18-19-26-32(39)36-31(25-21-23-28-37(4,5)6)33(40)35-27-22-20-24-30(34-3)29(2)38/h30-31,34H,7-28H2,1-6H3,(H-,35,36,39,40)/p+1. The molecule has 0 aromatic carbocycles. The van der Waals surface area contributed by atoms with Crippen molar-refractivity contribution in [2.45, 2.75) is 154 Å². The molecular formula is C33H67N4O3+. The van der Waals surface area contributed by atoms with Crippen LogP contribution in [0.4, 0.5) is 0 Å². The Bertz CT molecular complexity index is 648. The lowest BCUT2D eigenvalue weighted by Gasteiger charge is -2.24. The summed E-state index contributed by atoms with van der Waals surface area (Å²) in [5.74, 6) is 0.0560. The molecule has 0 radical (unpaired) electrons. The van der Waals surface area contributed by atoms with Crippen LogP contribution in [0.2, 0.25) is 0 Å². The Morgan fingerprint density at radius 3 is 1.65 bits per heavy atom. The number of hydrogen-bond donors (Lipinski definition) is 3. The van der Waals surface area contributed by atoms with Crippen LogP contribution in [0.5, 0.6) is 0 Å². The van der Waals surface area contributed by atoms with Crippen LogP contribution in [0, 0.1) is 0 Å². The van der Waals surface area contributed by atoms with Crippen LogP contribution in [-0.4, -0.2) is 75.4 Å². The van der Waals surface area contributed by atoms with Crippen molar-refractivity contribution >= 4 is 17.6 Å². The highest BCUT2D eigenvalue weighted by atomic mass is 16.2. The zero-order chi connectivity index (χ0) is 30.1. The molecule has 236 valence electrons. The number of quaternary nitrogens is 1. The van der Waals surface area contributed by atoms with E-state index in [-0.39, 0.29) is 23.6 Å². The van der Waals surface area contributed by atoms with E-state index < -0.39 is 6.04 Å². The number of rotatable bonds is 28. The van der Waals surface area contributed by atoms with Gasteiger partial charge in [-0.2, -0.15) is 0 Å². The van der Waals surface area contributed by atoms with Crippen LogP contribution in [0.15, 0.2) is 0 Å². The third-order valence-electron chi connectivity index (χ3n) is 7.79. The average molecular weight is 568 g/mol. The van der Waals surface area contributed by atoms with E-state index in [0.717, 1.165) is 56.0 Å². The second kappa shape index (κ2) is 25.3. The topological polar surface area (TPSA) is 87.3 Å². The molecule has 3 N–H and O–H groups in total. The molecule has 0 saturated carbocycles. The number of hydrogen-bond acceptors (Lipinski definition) is 4. The lowest BCUT2D eigenvalue weighted by molar-refractivity contribution is -0.870. The molecule has 0 bridgehead atoms. The van der Waals surface area contributed by atoms with Gasteiger partial charge in [0.1, 0.15) is 11.8 Å². The minimum atomic E-state index is -0.468. The SMILES string of the molecule is CCCCCCCCCCCCCCCC(=O)NC(CCCC[N+](C)(C)C)C(=O)NCCCCC(NC)C(C)=O. The predicted octanol–water partition coefficient (Wildman–Crippen LogP) is 6.29. The summed E-state index contributed by atoms with van der Waals surface area (Å²) in [6.07, 6.45) is 22.3. The van der Waals surface area contributed by atoms with Gasteiger partial charge in [0.15, 0.2) is 0 Å². The Morgan fingerprint density at radius 1 is 0.650 bits per heavy atom. The van der Waals surface area contributed by atoms with E-state index in [2.05, 4.69) is 44.0 Å². The maximum absolute atomic E-state index is 12.9. The lowest BCUT2D eigenvalue weighted by Crippen LogP contribution is -2.47. The average Bonchev–Trinajstić information content (AvgIpc) is 2.89. The molecule has 2 amide bonds. The van der Waals surface area contributed by atoms with Crippen molar-refractivity contribution in [3.05, 3.63) is 0 Å². The van der Waals surface area contributed by atoms with Gasteiger partial charge < -0.3 is 20.4 Å². The zero-order valence-corrected chi connectivity index (χ0v) is 27.4. The number of carbonyl (C=O) groups is 3. The van der Waals surface area contributed by atoms with E-state index in [4.69, 9.17) is 0 Å². The Labute approximate surface area is 248 Å². The highest BCUT2D eigenvalue weighted by molar-refractivity contribution is 5.87. The van der Waals surface area contributed by atoms with Gasteiger partial charge in [0.25, 0.3) is 0 Å². The number of unbranched alkanes of at least 4 members (excludes halogenated alkanes) is 14. The molecule has 2 atom stereocenters. The number of carbonyl (C=O) groups excluding carboxylic acids is 3. The fourth-order valence-corrected chi connectivity index (χ4v) is 5.13. The normalized spacial score (nSPS) is 13.2. The fraction of sp³-hybridized carbons (Fsp3) is 0.909. The third kappa shape index (κ3) is 24.3. The van der Waals surface area contributed by atoms with Crippen molar-refractivity contribution < 1.29 is 18.9 Å². The number of likely N-dealkylation sites (N-methyl/N-ethyl adjacent to an activating group) is 1. The first kappa shape index (κ1) is 38.5. The van der Waals surface area contributed by atoms with Crippen LogP contribution in [0.1, 0.15) is 142 Å². The van der Waals surface area contributed by atoms with E-state index in [1.165, 1.54) is 70.6 Å². The summed E-state index contributed by atoms with van der Waals surface area (Å²) in [4.78, 5) is 37.2. The van der Waals surface area contributed by atoms with Crippen LogP contribution >= 0.6 is 0 Å². The van der Waals surface area contributed by atoms with E-state index in [1.54, 1.807) is 14.0 Å². The smallest absolute Gasteiger partial charge is 0.242 e. The largest absolute Gasteiger partial charge is 0.354 e. The van der Waals surface area contributed by atoms with E-state index in [9.17, 15) is 14.4 Å². The first-order valence-electron chi connectivity index (χ1n) is 16.7. The van der Waals surface area contributed by atoms with E-state index in [1.807, 2.05) is 0 Å². The molecule has 0 heterocycles. The van der Waals surface area contributed by atoms with Crippen LogP contribution in [-0.2, 0) is 14.4 Å². The van der Waals surface area contributed by atoms with E-state index >= 15 is 0 Å². The number of ketones is 1. The van der Waals surface area contributed by atoms with Gasteiger partial charge in [0, 0.05) is 13.0 Å². The molecular weight excluding hydrogens is 500 g/mol. The van der Waals surface area contributed by atoms with Gasteiger partial charge in [0.2, 0.25) is 11.8 Å². The van der Waals surface area contributed by atoms with E-state index in [0.29, 0.717) is 19.4 Å². The summed E-state index contributed by atoms with van der Waals surface area (Å²) < 4.78 is 0.899. The van der Waals surface area contributed by atoms with Gasteiger partial charge in [-0.15, -0.1) is 0 Å². The molecule has 0 aromatic rings. The molecule has 7 nitrogen and oxygen atoms in total. The Hall–Kier alpha value is -1.47. The van der Waals surface area contributed by atoms with Gasteiger partial charge in [-0.3, -0.25) is 14.4 Å². The Kier molecular flexibility index (Phi) is 24.3. The molecule has 0 fully saturated rings. The minimum absolute atomic E-state index is 0.00635. The summed E-state index contributed by atoms with van der Waals surface area (Å²) in [6, 6.07) is -0.585. The van der Waals surface area contributed by atoms with Crippen molar-refractivity contribution in [3.63, 3.8) is 0 Å². The second-order valence-corrected chi connectivity index (χ2v) is 12.9. The monoisotopic (exact) mass is 568 g/mol. The molecule has 7 heteroatoms. The second-order valence-electron chi connectivity index (χ2n) is 12.9. The first-order chi connectivity index (χ1) is 19.1. The maximum atomic E-state index is 12.9. The highest BCUT2D eigenvalue weighted by Gasteiger charge is 2.20. The Morgan fingerprint density at radius 2 is 1.15 bits per heavy atom. The summed E-state index contributed by atoms with van der Waals surface area (Å²) in [6.45, 7) is 5.48. The third-order valence-corrected chi connectivity index (χ3v) is 7.79. The summed E-state index contributed by atoms with van der Waals surface area (Å²) >= 11 is 0. The van der Waals surface area contributed by atoms with Gasteiger partial charge in [0.05, 0.1) is 33.7 Å². The van der Waals surface area contributed by atoms with Crippen molar-refractivity contribution in [2.24, 2.45) is 0 Å². The molecule has 0 aliphatic heterocycles. The predicted molar refractivity (Wildman–Crippen MR) is 169 cm³/mol. The molecule has 0 aliphatic rings. The number of nitrogens with one attached hydrogen (secondary N) is 3. The van der Waals surface area contributed by atoms with Crippen LogP contribution < -0.4 is 16.0 Å². The molecule has 0 spiro atoms. The number of amides is 2. The van der Waals surface area contributed by atoms with Gasteiger partial charge in [-0.05, 0) is 58.9 Å². The van der Waals surface area contributed by atoms with Gasteiger partial charge >= 0.3 is 0 Å². The number of nitrogens with zero attached hydrogens (tertiary/aromatic N) is 1. The highest BCUT2D eigenvalue weighted by Crippen LogP contribution is 2.13. The van der Waals surface area contributed by atoms with Crippen molar-refractivity contribution in [1.29, 1.82) is 0 Å². The Balaban J connectivity index is 4.25. The van der Waals surface area contributed by atoms with Crippen molar-refractivity contribution in [3.8, 4) is 0 Å². The summed E-state index contributed by atoms with van der Waals surface area (Å²) in [5.41, 5.74) is 0. The fourth-order valence-electron chi connectivity index (χ4n) is 5.13. The molecule has 40 heavy (non-hydrogen) atoms. The quantitative estimate of drug-likeness (QED) is 0.0766. The number of Topliss-reactive ketones (excluding diaryl/α,β-unsaturated/α-hetero) is 1. The van der Waals surface area contributed by atoms with Crippen molar-refractivity contribution in [2.75, 3.05) is 41.3 Å². The van der Waals surface area contributed by atoms with Gasteiger partial charge in [-0.25, -0.2) is 0 Å². The van der Waals surface area contributed by atoms with Crippen LogP contribution in [0.3, 0.4) is 0 Å². The zero-order valence-electron chi connectivity index (χ0n) is 27.4. The first-order valence-corrected chi connectivity index (χ1v) is 16.7. The molecule has 2 unspecified atom stereocenters. The molecule has 0 aliphatic carbocycles.